The van der Waals surface area contributed by atoms with E-state index in [2.05, 4.69) is 43.4 Å². The van der Waals surface area contributed by atoms with Crippen molar-refractivity contribution in [2.45, 2.75) is 59.5 Å². The van der Waals surface area contributed by atoms with E-state index >= 15 is 0 Å². The molecule has 0 atom stereocenters. The third kappa shape index (κ3) is 7.26. The molecule has 0 saturated carbocycles. The lowest BCUT2D eigenvalue weighted by Crippen LogP contribution is -2.30. The largest absolute Gasteiger partial charge is 0.491 e. The number of hydrogen-bond acceptors (Lipinski definition) is 3. The standard InChI is InChI=1S/C24H33NO3/c1-17(2)22-12-11-19(5)14-23(22)27-16-24(26)25-13-7-9-20-8-6-10-21(15-20)28-18(3)4/h6,8,10-12,14-15,17-18H,7,9,13,16H2,1-5H3,(H,25,26). The van der Waals surface area contributed by atoms with E-state index in [4.69, 9.17) is 9.47 Å². The van der Waals surface area contributed by atoms with E-state index in [0.29, 0.717) is 12.5 Å². The molecule has 0 bridgehead atoms. The van der Waals surface area contributed by atoms with Crippen LogP contribution in [0, 0.1) is 6.92 Å². The molecule has 0 fully saturated rings. The molecule has 0 spiro atoms. The number of aryl methyl sites for hydroxylation is 2. The molecule has 152 valence electrons. The molecule has 0 aromatic heterocycles. The number of ether oxygens (including phenoxy) is 2. The Morgan fingerprint density at radius 2 is 1.86 bits per heavy atom. The fourth-order valence-electron chi connectivity index (χ4n) is 3.00. The quantitative estimate of drug-likeness (QED) is 0.585. The third-order valence-corrected chi connectivity index (χ3v) is 4.38. The van der Waals surface area contributed by atoms with Gasteiger partial charge < -0.3 is 14.8 Å². The van der Waals surface area contributed by atoms with Crippen molar-refractivity contribution in [3.63, 3.8) is 0 Å². The van der Waals surface area contributed by atoms with Crippen LogP contribution >= 0.6 is 0 Å². The van der Waals surface area contributed by atoms with E-state index in [0.717, 1.165) is 35.5 Å². The first-order chi connectivity index (χ1) is 13.3. The minimum Gasteiger partial charge on any atom is -0.491 e. The molecule has 0 aliphatic carbocycles. The first kappa shape index (κ1) is 21.8. The molecule has 28 heavy (non-hydrogen) atoms. The van der Waals surface area contributed by atoms with Crippen LogP contribution in [0.3, 0.4) is 0 Å². The monoisotopic (exact) mass is 383 g/mol. The summed E-state index contributed by atoms with van der Waals surface area (Å²) in [4.78, 5) is 12.1. The van der Waals surface area contributed by atoms with Crippen LogP contribution in [0.4, 0.5) is 0 Å². The normalized spacial score (nSPS) is 11.0. The van der Waals surface area contributed by atoms with Crippen LogP contribution in [-0.4, -0.2) is 25.2 Å². The summed E-state index contributed by atoms with van der Waals surface area (Å²) < 4.78 is 11.5. The van der Waals surface area contributed by atoms with Gasteiger partial charge in [-0.3, -0.25) is 4.79 Å². The summed E-state index contributed by atoms with van der Waals surface area (Å²) >= 11 is 0. The van der Waals surface area contributed by atoms with Crippen molar-refractivity contribution >= 4 is 5.91 Å². The third-order valence-electron chi connectivity index (χ3n) is 4.38. The first-order valence-corrected chi connectivity index (χ1v) is 10.1. The highest BCUT2D eigenvalue weighted by Gasteiger charge is 2.10. The molecule has 0 radical (unpaired) electrons. The molecular weight excluding hydrogens is 350 g/mol. The summed E-state index contributed by atoms with van der Waals surface area (Å²) in [7, 11) is 0. The summed E-state index contributed by atoms with van der Waals surface area (Å²) in [5.74, 6) is 1.96. The Kier molecular flexibility index (Phi) is 8.37. The van der Waals surface area contributed by atoms with Crippen LogP contribution < -0.4 is 14.8 Å². The maximum Gasteiger partial charge on any atom is 0.257 e. The lowest BCUT2D eigenvalue weighted by atomic mass is 10.0. The zero-order chi connectivity index (χ0) is 20.5. The van der Waals surface area contributed by atoms with Crippen molar-refractivity contribution in [3.8, 4) is 11.5 Å². The van der Waals surface area contributed by atoms with Crippen LogP contribution in [0.15, 0.2) is 42.5 Å². The number of rotatable bonds is 10. The molecule has 4 nitrogen and oxygen atoms in total. The predicted octanol–water partition coefficient (Wildman–Crippen LogP) is 5.03. The molecule has 0 aliphatic rings. The van der Waals surface area contributed by atoms with Gasteiger partial charge in [-0.25, -0.2) is 0 Å². The van der Waals surface area contributed by atoms with E-state index in [1.165, 1.54) is 5.56 Å². The summed E-state index contributed by atoms with van der Waals surface area (Å²) in [6.07, 6.45) is 1.93. The van der Waals surface area contributed by atoms with Crippen LogP contribution in [0.2, 0.25) is 0 Å². The minimum absolute atomic E-state index is 0.0425. The molecule has 2 aromatic carbocycles. The van der Waals surface area contributed by atoms with Gasteiger partial charge in [0.2, 0.25) is 0 Å². The van der Waals surface area contributed by atoms with Gasteiger partial charge in [0, 0.05) is 6.54 Å². The summed E-state index contributed by atoms with van der Waals surface area (Å²) in [6, 6.07) is 14.3. The average molecular weight is 384 g/mol. The van der Waals surface area contributed by atoms with Gasteiger partial charge in [-0.05, 0) is 74.4 Å². The molecular formula is C24H33NO3. The molecule has 0 aliphatic heterocycles. The number of hydrogen-bond donors (Lipinski definition) is 1. The molecule has 0 unspecified atom stereocenters. The molecule has 2 aromatic rings. The molecule has 0 saturated heterocycles. The van der Waals surface area contributed by atoms with Gasteiger partial charge in [-0.2, -0.15) is 0 Å². The Labute approximate surface area is 169 Å². The van der Waals surface area contributed by atoms with Gasteiger partial charge in [0.1, 0.15) is 11.5 Å². The van der Waals surface area contributed by atoms with Crippen molar-refractivity contribution in [2.24, 2.45) is 0 Å². The maximum atomic E-state index is 12.1. The predicted molar refractivity (Wildman–Crippen MR) is 114 cm³/mol. The van der Waals surface area contributed by atoms with Crippen LogP contribution in [0.5, 0.6) is 11.5 Å². The fourth-order valence-corrected chi connectivity index (χ4v) is 3.00. The number of carbonyl (C=O) groups is 1. The minimum atomic E-state index is -0.0897. The second-order valence-electron chi connectivity index (χ2n) is 7.75. The Hall–Kier alpha value is -2.49. The highest BCUT2D eigenvalue weighted by Crippen LogP contribution is 2.27. The summed E-state index contributed by atoms with van der Waals surface area (Å²) in [5.41, 5.74) is 3.47. The second kappa shape index (κ2) is 10.7. The van der Waals surface area contributed by atoms with Gasteiger partial charge in [-0.15, -0.1) is 0 Å². The van der Waals surface area contributed by atoms with E-state index < -0.39 is 0 Å². The molecule has 0 heterocycles. The lowest BCUT2D eigenvalue weighted by molar-refractivity contribution is -0.123. The van der Waals surface area contributed by atoms with E-state index in [9.17, 15) is 4.79 Å². The van der Waals surface area contributed by atoms with Gasteiger partial charge in [0.05, 0.1) is 6.10 Å². The fraction of sp³-hybridized carbons (Fsp3) is 0.458. The average Bonchev–Trinajstić information content (AvgIpc) is 2.63. The molecule has 1 N–H and O–H groups in total. The van der Waals surface area contributed by atoms with Crippen molar-refractivity contribution in [2.75, 3.05) is 13.2 Å². The van der Waals surface area contributed by atoms with E-state index in [1.807, 2.05) is 39.0 Å². The van der Waals surface area contributed by atoms with Crippen LogP contribution in [0.25, 0.3) is 0 Å². The van der Waals surface area contributed by atoms with Crippen molar-refractivity contribution in [3.05, 3.63) is 59.2 Å². The van der Waals surface area contributed by atoms with E-state index in [1.54, 1.807) is 0 Å². The van der Waals surface area contributed by atoms with Gasteiger partial charge in [0.15, 0.2) is 6.61 Å². The Morgan fingerprint density at radius 3 is 2.57 bits per heavy atom. The smallest absolute Gasteiger partial charge is 0.257 e. The van der Waals surface area contributed by atoms with Gasteiger partial charge in [-0.1, -0.05) is 38.1 Å². The topological polar surface area (TPSA) is 47.6 Å². The van der Waals surface area contributed by atoms with Gasteiger partial charge >= 0.3 is 0 Å². The number of benzene rings is 2. The lowest BCUT2D eigenvalue weighted by Gasteiger charge is -2.15. The summed E-state index contributed by atoms with van der Waals surface area (Å²) in [6.45, 7) is 11.0. The van der Waals surface area contributed by atoms with Crippen LogP contribution in [-0.2, 0) is 11.2 Å². The van der Waals surface area contributed by atoms with E-state index in [-0.39, 0.29) is 18.6 Å². The number of carbonyl (C=O) groups excluding carboxylic acids is 1. The summed E-state index contributed by atoms with van der Waals surface area (Å²) in [5, 5.41) is 2.94. The Morgan fingerprint density at radius 1 is 1.07 bits per heavy atom. The maximum absolute atomic E-state index is 12.1. The first-order valence-electron chi connectivity index (χ1n) is 10.1. The molecule has 2 rings (SSSR count). The number of amides is 1. The number of nitrogens with one attached hydrogen (secondary N) is 1. The highest BCUT2D eigenvalue weighted by atomic mass is 16.5. The molecule has 1 amide bonds. The van der Waals surface area contributed by atoms with Crippen molar-refractivity contribution < 1.29 is 14.3 Å². The Balaban J connectivity index is 1.74. The highest BCUT2D eigenvalue weighted by molar-refractivity contribution is 5.77. The second-order valence-corrected chi connectivity index (χ2v) is 7.75. The molecule has 4 heteroatoms. The van der Waals surface area contributed by atoms with Gasteiger partial charge in [0.25, 0.3) is 5.91 Å². The van der Waals surface area contributed by atoms with Crippen molar-refractivity contribution in [1.29, 1.82) is 0 Å². The SMILES string of the molecule is Cc1ccc(C(C)C)c(OCC(=O)NCCCc2cccc(OC(C)C)c2)c1. The van der Waals surface area contributed by atoms with Crippen molar-refractivity contribution in [1.82, 2.24) is 5.32 Å². The zero-order valence-corrected chi connectivity index (χ0v) is 17.7. The van der Waals surface area contributed by atoms with Crippen LogP contribution in [0.1, 0.15) is 56.7 Å². The zero-order valence-electron chi connectivity index (χ0n) is 17.7. The Bertz CT molecular complexity index is 768.